The molecule has 0 saturated carbocycles. The highest BCUT2D eigenvalue weighted by Gasteiger charge is 2.28. The van der Waals surface area contributed by atoms with Crippen molar-refractivity contribution < 1.29 is 4.79 Å². The van der Waals surface area contributed by atoms with E-state index in [0.717, 1.165) is 18.7 Å². The average Bonchev–Trinajstić information content (AvgIpc) is 2.73. The van der Waals surface area contributed by atoms with Crippen LogP contribution >= 0.6 is 12.6 Å². The molecule has 82 valence electrons. The molecular weight excluding hydrogens is 210 g/mol. The van der Waals surface area contributed by atoms with Crippen molar-refractivity contribution >= 4 is 24.2 Å². The van der Waals surface area contributed by atoms with Crippen LogP contribution in [0.4, 0.5) is 5.69 Å². The van der Waals surface area contributed by atoms with Crippen molar-refractivity contribution in [2.75, 3.05) is 11.4 Å². The van der Waals surface area contributed by atoms with E-state index in [-0.39, 0.29) is 11.2 Å². The first-order chi connectivity index (χ1) is 7.20. The molecule has 5 heteroatoms. The minimum absolute atomic E-state index is 0.144. The van der Waals surface area contributed by atoms with Crippen molar-refractivity contribution in [1.82, 2.24) is 9.78 Å². The molecule has 0 radical (unpaired) electrons. The van der Waals surface area contributed by atoms with Crippen molar-refractivity contribution in [1.29, 1.82) is 0 Å². The van der Waals surface area contributed by atoms with Crippen molar-refractivity contribution in [3.8, 4) is 0 Å². The maximum absolute atomic E-state index is 11.6. The molecule has 1 unspecified atom stereocenters. The van der Waals surface area contributed by atoms with E-state index in [4.69, 9.17) is 0 Å². The molecule has 2 heterocycles. The minimum atomic E-state index is 0.144. The first-order valence-electron chi connectivity index (χ1n) is 5.21. The van der Waals surface area contributed by atoms with E-state index >= 15 is 0 Å². The molecule has 1 atom stereocenters. The van der Waals surface area contributed by atoms with Gasteiger partial charge in [0.2, 0.25) is 5.91 Å². The Kier molecular flexibility index (Phi) is 3.00. The van der Waals surface area contributed by atoms with Crippen molar-refractivity contribution in [3.63, 3.8) is 0 Å². The van der Waals surface area contributed by atoms with E-state index < -0.39 is 0 Å². The van der Waals surface area contributed by atoms with Gasteiger partial charge in [-0.15, -0.1) is 0 Å². The third-order valence-electron chi connectivity index (χ3n) is 2.49. The molecule has 1 aromatic heterocycles. The Labute approximate surface area is 94.7 Å². The molecule has 0 aromatic carbocycles. The zero-order valence-electron chi connectivity index (χ0n) is 8.76. The Morgan fingerprint density at radius 1 is 1.67 bits per heavy atom. The zero-order valence-corrected chi connectivity index (χ0v) is 9.65. The second kappa shape index (κ2) is 4.26. The van der Waals surface area contributed by atoms with Gasteiger partial charge in [0.15, 0.2) is 0 Å². The lowest BCUT2D eigenvalue weighted by Crippen LogP contribution is -2.24. The van der Waals surface area contributed by atoms with Crippen molar-refractivity contribution in [2.24, 2.45) is 0 Å². The number of anilines is 1. The number of amides is 1. The van der Waals surface area contributed by atoms with Gasteiger partial charge in [0.1, 0.15) is 0 Å². The Morgan fingerprint density at radius 2 is 2.47 bits per heavy atom. The standard InChI is InChI=1S/C10H15N3OS/c1-2-3-12-6-8(5-11-12)13-7-9(15)4-10(13)14/h5-6,9,15H,2-4,7H2,1H3. The summed E-state index contributed by atoms with van der Waals surface area (Å²) in [6.45, 7) is 3.69. The molecule has 15 heavy (non-hydrogen) atoms. The molecule has 0 aliphatic carbocycles. The molecule has 1 aliphatic rings. The van der Waals surface area contributed by atoms with Gasteiger partial charge in [0.25, 0.3) is 0 Å². The van der Waals surface area contributed by atoms with Gasteiger partial charge in [0, 0.05) is 31.0 Å². The summed E-state index contributed by atoms with van der Waals surface area (Å²) in [6.07, 6.45) is 5.25. The summed E-state index contributed by atoms with van der Waals surface area (Å²) in [4.78, 5) is 13.4. The molecule has 1 amide bonds. The Hall–Kier alpha value is -0.970. The largest absolute Gasteiger partial charge is 0.308 e. The number of rotatable bonds is 3. The van der Waals surface area contributed by atoms with Gasteiger partial charge in [0.05, 0.1) is 11.9 Å². The Morgan fingerprint density at radius 3 is 3.07 bits per heavy atom. The number of nitrogens with zero attached hydrogens (tertiary/aromatic N) is 3. The normalized spacial score (nSPS) is 21.3. The lowest BCUT2D eigenvalue weighted by molar-refractivity contribution is -0.117. The lowest BCUT2D eigenvalue weighted by atomic mass is 10.4. The van der Waals surface area contributed by atoms with E-state index in [9.17, 15) is 4.79 Å². The molecular formula is C10H15N3OS. The Balaban J connectivity index is 2.12. The van der Waals surface area contributed by atoms with Crippen LogP contribution in [0.5, 0.6) is 0 Å². The van der Waals surface area contributed by atoms with E-state index in [2.05, 4.69) is 24.7 Å². The lowest BCUT2D eigenvalue weighted by Gasteiger charge is -2.12. The molecule has 1 aliphatic heterocycles. The first kappa shape index (κ1) is 10.5. The van der Waals surface area contributed by atoms with Crippen LogP contribution in [-0.4, -0.2) is 27.5 Å². The molecule has 0 bridgehead atoms. The molecule has 0 N–H and O–H groups in total. The number of hydrogen-bond donors (Lipinski definition) is 1. The fourth-order valence-corrected chi connectivity index (χ4v) is 2.10. The summed E-state index contributed by atoms with van der Waals surface area (Å²) in [5.41, 5.74) is 0.894. The monoisotopic (exact) mass is 225 g/mol. The summed E-state index contributed by atoms with van der Waals surface area (Å²) in [5, 5.41) is 4.37. The second-order valence-corrected chi connectivity index (χ2v) is 4.55. The summed E-state index contributed by atoms with van der Waals surface area (Å²) in [6, 6.07) is 0. The summed E-state index contributed by atoms with van der Waals surface area (Å²) < 4.78 is 1.87. The summed E-state index contributed by atoms with van der Waals surface area (Å²) >= 11 is 4.32. The van der Waals surface area contributed by atoms with Crippen molar-refractivity contribution in [3.05, 3.63) is 12.4 Å². The molecule has 1 saturated heterocycles. The summed E-state index contributed by atoms with van der Waals surface area (Å²) in [7, 11) is 0. The number of aromatic nitrogens is 2. The van der Waals surface area contributed by atoms with Gasteiger partial charge < -0.3 is 4.90 Å². The van der Waals surface area contributed by atoms with Crippen LogP contribution in [-0.2, 0) is 11.3 Å². The van der Waals surface area contributed by atoms with Crippen LogP contribution in [0.3, 0.4) is 0 Å². The van der Waals surface area contributed by atoms with E-state index in [1.165, 1.54) is 0 Å². The quantitative estimate of drug-likeness (QED) is 0.788. The maximum atomic E-state index is 11.6. The SMILES string of the molecule is CCCn1cc(N2CC(S)CC2=O)cn1. The minimum Gasteiger partial charge on any atom is -0.308 e. The number of hydrogen-bond acceptors (Lipinski definition) is 3. The van der Waals surface area contributed by atoms with Gasteiger partial charge in [-0.3, -0.25) is 9.48 Å². The number of carbonyl (C=O) groups excluding carboxylic acids is 1. The average molecular weight is 225 g/mol. The van der Waals surface area contributed by atoms with Gasteiger partial charge in [-0.1, -0.05) is 6.92 Å². The number of aryl methyl sites for hydroxylation is 1. The fraction of sp³-hybridized carbons (Fsp3) is 0.600. The number of thiol groups is 1. The van der Waals surface area contributed by atoms with Crippen LogP contribution < -0.4 is 4.90 Å². The predicted octanol–water partition coefficient (Wildman–Crippen LogP) is 1.33. The molecule has 0 spiro atoms. The van der Waals surface area contributed by atoms with Crippen LogP contribution in [0, 0.1) is 0 Å². The maximum Gasteiger partial charge on any atom is 0.228 e. The fourth-order valence-electron chi connectivity index (χ4n) is 1.78. The molecule has 4 nitrogen and oxygen atoms in total. The van der Waals surface area contributed by atoms with Crippen LogP contribution in [0.1, 0.15) is 19.8 Å². The van der Waals surface area contributed by atoms with Crippen molar-refractivity contribution in [2.45, 2.75) is 31.6 Å². The smallest absolute Gasteiger partial charge is 0.228 e. The highest BCUT2D eigenvalue weighted by Crippen LogP contribution is 2.23. The van der Waals surface area contributed by atoms with Gasteiger partial charge in [-0.25, -0.2) is 0 Å². The third-order valence-corrected chi connectivity index (χ3v) is 2.83. The van der Waals surface area contributed by atoms with Crippen LogP contribution in [0.25, 0.3) is 0 Å². The highest BCUT2D eigenvalue weighted by atomic mass is 32.1. The second-order valence-electron chi connectivity index (χ2n) is 3.82. The predicted molar refractivity (Wildman–Crippen MR) is 62.3 cm³/mol. The van der Waals surface area contributed by atoms with E-state index in [1.54, 1.807) is 11.1 Å². The molecule has 2 rings (SSSR count). The third kappa shape index (κ3) is 2.17. The number of carbonyl (C=O) groups is 1. The molecule has 1 aromatic rings. The zero-order chi connectivity index (χ0) is 10.8. The highest BCUT2D eigenvalue weighted by molar-refractivity contribution is 7.81. The molecule has 1 fully saturated rings. The van der Waals surface area contributed by atoms with Gasteiger partial charge in [-0.2, -0.15) is 17.7 Å². The first-order valence-corrected chi connectivity index (χ1v) is 5.73. The topological polar surface area (TPSA) is 38.1 Å². The van der Waals surface area contributed by atoms with E-state index in [0.29, 0.717) is 13.0 Å². The van der Waals surface area contributed by atoms with Crippen LogP contribution in [0.15, 0.2) is 12.4 Å². The Bertz CT molecular complexity index is 363. The van der Waals surface area contributed by atoms with E-state index in [1.807, 2.05) is 10.9 Å². The van der Waals surface area contributed by atoms with Gasteiger partial charge >= 0.3 is 0 Å². The summed E-state index contributed by atoms with van der Waals surface area (Å²) in [5.74, 6) is 0.144. The van der Waals surface area contributed by atoms with Gasteiger partial charge in [-0.05, 0) is 6.42 Å². The van der Waals surface area contributed by atoms with Crippen LogP contribution in [0.2, 0.25) is 0 Å².